The molecule has 0 saturated heterocycles. The molecule has 1 amide bonds. The molecule has 1 N–H and O–H groups in total. The summed E-state index contributed by atoms with van der Waals surface area (Å²) in [7, 11) is 0. The second-order valence-electron chi connectivity index (χ2n) is 6.97. The van der Waals surface area contributed by atoms with Gasteiger partial charge in [0.15, 0.2) is 6.73 Å². The Hall–Kier alpha value is -2.67. The zero-order valence-electron chi connectivity index (χ0n) is 15.4. The molecule has 2 heterocycles. The fraction of sp³-hybridized carbons (Fsp3) is 0.350. The van der Waals surface area contributed by atoms with Gasteiger partial charge in [-0.15, -0.1) is 11.3 Å². The Morgan fingerprint density at radius 1 is 1.30 bits per heavy atom. The molecule has 0 unspecified atom stereocenters. The standard InChI is InChI=1S/C20H22N4O2S/c1-13-7-14(2)9-17(8-13)26-12-24-6-5-18(23-24)19(25)21-10-16-11-27-20(22-16)15-3-4-15/h5-9,11,15H,3-4,10,12H2,1-2H3,(H,21,25). The second kappa shape index (κ2) is 7.52. The van der Waals surface area contributed by atoms with Gasteiger partial charge in [-0.3, -0.25) is 4.79 Å². The van der Waals surface area contributed by atoms with E-state index in [1.807, 2.05) is 31.4 Å². The molecule has 0 aliphatic heterocycles. The third-order valence-electron chi connectivity index (χ3n) is 4.36. The van der Waals surface area contributed by atoms with Crippen molar-refractivity contribution in [3.05, 3.63) is 63.4 Å². The van der Waals surface area contributed by atoms with Crippen molar-refractivity contribution in [1.29, 1.82) is 0 Å². The minimum Gasteiger partial charge on any atom is -0.471 e. The third kappa shape index (κ3) is 4.54. The molecule has 7 heteroatoms. The number of aromatic nitrogens is 3. The van der Waals surface area contributed by atoms with Crippen LogP contribution in [-0.2, 0) is 13.3 Å². The number of thiazole rings is 1. The largest absolute Gasteiger partial charge is 0.471 e. The lowest BCUT2D eigenvalue weighted by molar-refractivity contribution is 0.0943. The zero-order valence-corrected chi connectivity index (χ0v) is 16.3. The van der Waals surface area contributed by atoms with Crippen LogP contribution >= 0.6 is 11.3 Å². The summed E-state index contributed by atoms with van der Waals surface area (Å²) in [6.07, 6.45) is 4.22. The van der Waals surface area contributed by atoms with E-state index in [1.165, 1.54) is 17.8 Å². The van der Waals surface area contributed by atoms with Crippen molar-refractivity contribution >= 4 is 17.2 Å². The Kier molecular flexibility index (Phi) is 4.94. The maximum atomic E-state index is 12.3. The van der Waals surface area contributed by atoms with Gasteiger partial charge in [0.2, 0.25) is 0 Å². The van der Waals surface area contributed by atoms with Crippen molar-refractivity contribution < 1.29 is 9.53 Å². The van der Waals surface area contributed by atoms with Gasteiger partial charge in [0.05, 0.1) is 17.2 Å². The van der Waals surface area contributed by atoms with Crippen LogP contribution in [0.3, 0.4) is 0 Å². The lowest BCUT2D eigenvalue weighted by Gasteiger charge is -2.08. The SMILES string of the molecule is Cc1cc(C)cc(OCn2ccc(C(=O)NCc3csc(C4CC4)n3)n2)c1. The van der Waals surface area contributed by atoms with E-state index in [4.69, 9.17) is 4.74 Å². The first kappa shape index (κ1) is 17.7. The summed E-state index contributed by atoms with van der Waals surface area (Å²) in [5, 5.41) is 10.4. The van der Waals surface area contributed by atoms with Gasteiger partial charge in [-0.05, 0) is 56.0 Å². The van der Waals surface area contributed by atoms with E-state index in [-0.39, 0.29) is 12.6 Å². The van der Waals surface area contributed by atoms with Crippen molar-refractivity contribution in [2.45, 2.75) is 45.9 Å². The molecule has 0 radical (unpaired) electrons. The quantitative estimate of drug-likeness (QED) is 0.675. The Morgan fingerprint density at radius 2 is 2.07 bits per heavy atom. The maximum absolute atomic E-state index is 12.3. The first-order chi connectivity index (χ1) is 13.1. The van der Waals surface area contributed by atoms with Crippen LogP contribution in [0.15, 0.2) is 35.8 Å². The summed E-state index contributed by atoms with van der Waals surface area (Å²) in [4.78, 5) is 16.9. The highest BCUT2D eigenvalue weighted by molar-refractivity contribution is 7.09. The highest BCUT2D eigenvalue weighted by atomic mass is 32.1. The van der Waals surface area contributed by atoms with E-state index in [9.17, 15) is 4.79 Å². The van der Waals surface area contributed by atoms with E-state index >= 15 is 0 Å². The predicted molar refractivity (Wildman–Crippen MR) is 104 cm³/mol. The smallest absolute Gasteiger partial charge is 0.272 e. The van der Waals surface area contributed by atoms with Gasteiger partial charge in [0.1, 0.15) is 11.4 Å². The molecule has 0 bridgehead atoms. The topological polar surface area (TPSA) is 69.0 Å². The molecular weight excluding hydrogens is 360 g/mol. The maximum Gasteiger partial charge on any atom is 0.272 e. The van der Waals surface area contributed by atoms with Crippen LogP contribution in [0.4, 0.5) is 0 Å². The molecular formula is C20H22N4O2S. The van der Waals surface area contributed by atoms with Crippen molar-refractivity contribution in [3.8, 4) is 5.75 Å². The molecule has 1 aliphatic rings. The molecule has 140 valence electrons. The van der Waals surface area contributed by atoms with Gasteiger partial charge in [0, 0.05) is 17.5 Å². The minimum absolute atomic E-state index is 0.207. The monoisotopic (exact) mass is 382 g/mol. The number of rotatable bonds is 7. The number of benzene rings is 1. The Labute approximate surface area is 162 Å². The number of aryl methyl sites for hydroxylation is 2. The summed E-state index contributed by atoms with van der Waals surface area (Å²) in [5.41, 5.74) is 3.58. The van der Waals surface area contributed by atoms with E-state index in [0.717, 1.165) is 22.6 Å². The highest BCUT2D eigenvalue weighted by Crippen LogP contribution is 2.41. The number of carbonyl (C=O) groups excluding carboxylic acids is 1. The normalized spacial score (nSPS) is 13.6. The number of nitrogens with zero attached hydrogens (tertiary/aromatic N) is 3. The molecule has 1 aromatic carbocycles. The van der Waals surface area contributed by atoms with Gasteiger partial charge in [-0.25, -0.2) is 9.67 Å². The van der Waals surface area contributed by atoms with Gasteiger partial charge in [0.25, 0.3) is 5.91 Å². The fourth-order valence-corrected chi connectivity index (χ4v) is 3.89. The minimum atomic E-state index is -0.207. The van der Waals surface area contributed by atoms with E-state index in [2.05, 4.69) is 21.5 Å². The van der Waals surface area contributed by atoms with Gasteiger partial charge >= 0.3 is 0 Å². The first-order valence-electron chi connectivity index (χ1n) is 9.04. The Balaban J connectivity index is 1.30. The predicted octanol–water partition coefficient (Wildman–Crippen LogP) is 3.80. The number of ether oxygens (including phenoxy) is 1. The van der Waals surface area contributed by atoms with Crippen LogP contribution in [0.2, 0.25) is 0 Å². The molecule has 27 heavy (non-hydrogen) atoms. The average Bonchev–Trinajstić information content (AvgIpc) is 3.18. The van der Waals surface area contributed by atoms with Crippen molar-refractivity contribution in [2.75, 3.05) is 0 Å². The molecule has 0 spiro atoms. The number of carbonyl (C=O) groups is 1. The van der Waals surface area contributed by atoms with E-state index < -0.39 is 0 Å². The van der Waals surface area contributed by atoms with Crippen molar-refractivity contribution in [3.63, 3.8) is 0 Å². The second-order valence-corrected chi connectivity index (χ2v) is 7.86. The first-order valence-corrected chi connectivity index (χ1v) is 9.92. The summed E-state index contributed by atoms with van der Waals surface area (Å²) in [5.74, 6) is 1.23. The number of amides is 1. The summed E-state index contributed by atoms with van der Waals surface area (Å²) in [6.45, 7) is 4.75. The molecule has 1 aliphatic carbocycles. The van der Waals surface area contributed by atoms with Crippen LogP contribution in [-0.4, -0.2) is 20.7 Å². The van der Waals surface area contributed by atoms with E-state index in [0.29, 0.717) is 18.2 Å². The van der Waals surface area contributed by atoms with Crippen molar-refractivity contribution in [1.82, 2.24) is 20.1 Å². The Morgan fingerprint density at radius 3 is 2.81 bits per heavy atom. The summed E-state index contributed by atoms with van der Waals surface area (Å²) < 4.78 is 7.38. The molecule has 0 atom stereocenters. The zero-order chi connectivity index (χ0) is 18.8. The molecule has 2 aromatic heterocycles. The van der Waals surface area contributed by atoms with Crippen LogP contribution in [0.5, 0.6) is 5.75 Å². The summed E-state index contributed by atoms with van der Waals surface area (Å²) in [6, 6.07) is 7.75. The average molecular weight is 382 g/mol. The molecule has 1 fully saturated rings. The van der Waals surface area contributed by atoms with Crippen LogP contribution in [0.25, 0.3) is 0 Å². The van der Waals surface area contributed by atoms with Gasteiger partial charge in [-0.2, -0.15) is 5.10 Å². The molecule has 4 rings (SSSR count). The van der Waals surface area contributed by atoms with E-state index in [1.54, 1.807) is 28.3 Å². The Bertz CT molecular complexity index is 938. The fourth-order valence-electron chi connectivity index (χ4n) is 2.89. The molecule has 1 saturated carbocycles. The van der Waals surface area contributed by atoms with Crippen LogP contribution in [0.1, 0.15) is 51.1 Å². The van der Waals surface area contributed by atoms with Crippen LogP contribution in [0, 0.1) is 13.8 Å². The number of hydrogen-bond acceptors (Lipinski definition) is 5. The third-order valence-corrected chi connectivity index (χ3v) is 5.41. The highest BCUT2D eigenvalue weighted by Gasteiger charge is 2.26. The number of nitrogens with one attached hydrogen (secondary N) is 1. The number of hydrogen-bond donors (Lipinski definition) is 1. The van der Waals surface area contributed by atoms with Gasteiger partial charge < -0.3 is 10.1 Å². The lowest BCUT2D eigenvalue weighted by atomic mass is 10.1. The van der Waals surface area contributed by atoms with Crippen LogP contribution < -0.4 is 10.1 Å². The van der Waals surface area contributed by atoms with Gasteiger partial charge in [-0.1, -0.05) is 6.07 Å². The lowest BCUT2D eigenvalue weighted by Crippen LogP contribution is -2.23. The molecule has 3 aromatic rings. The van der Waals surface area contributed by atoms with Crippen molar-refractivity contribution in [2.24, 2.45) is 0 Å². The summed E-state index contributed by atoms with van der Waals surface area (Å²) >= 11 is 1.68. The molecule has 6 nitrogen and oxygen atoms in total.